The maximum Gasteiger partial charge on any atom is 0.347 e. The van der Waals surface area contributed by atoms with E-state index in [4.69, 9.17) is 23.7 Å². The van der Waals surface area contributed by atoms with Crippen LogP contribution < -0.4 is 23.7 Å². The molecule has 0 atom stereocenters. The van der Waals surface area contributed by atoms with E-state index in [1.807, 2.05) is 30.3 Å². The van der Waals surface area contributed by atoms with E-state index in [0.29, 0.717) is 50.3 Å². The maximum absolute atomic E-state index is 15.9. The second-order valence-corrected chi connectivity index (χ2v) is 14.2. The molecule has 0 unspecified atom stereocenters. The summed E-state index contributed by atoms with van der Waals surface area (Å²) in [5, 5.41) is 20.7. The van der Waals surface area contributed by atoms with E-state index in [-0.39, 0.29) is 51.7 Å². The summed E-state index contributed by atoms with van der Waals surface area (Å²) in [5.74, 6) is -5.98. The fourth-order valence-electron chi connectivity index (χ4n) is 6.91. The minimum Gasteiger partial charge on any atom is -0.504 e. The number of carbonyl (C=O) groups excluding carboxylic acids is 3. The lowest BCUT2D eigenvalue weighted by Gasteiger charge is -2.20. The van der Waals surface area contributed by atoms with Gasteiger partial charge in [0.1, 0.15) is 40.7 Å². The Hall–Kier alpha value is -6.69. The fraction of sp³-hybridized carbons (Fsp3) is 0.261. The van der Waals surface area contributed by atoms with Gasteiger partial charge in [-0.3, -0.25) is 0 Å². The van der Waals surface area contributed by atoms with Gasteiger partial charge in [-0.1, -0.05) is 30.3 Å². The molecule has 0 saturated carbocycles. The number of aromatic carboxylic acids is 1. The number of halogens is 1. The van der Waals surface area contributed by atoms with Gasteiger partial charge in [-0.05, 0) is 143 Å². The number of hydrogen-bond acceptors (Lipinski definition) is 10. The second-order valence-electron chi connectivity index (χ2n) is 14.2. The highest BCUT2D eigenvalue weighted by Crippen LogP contribution is 2.40. The first-order chi connectivity index (χ1) is 27.3. The predicted octanol–water partition coefficient (Wildman–Crippen LogP) is 9.56. The number of aromatic hydroxyl groups is 1. The van der Waals surface area contributed by atoms with Crippen LogP contribution in [0.3, 0.4) is 0 Å². The van der Waals surface area contributed by atoms with Gasteiger partial charge in [0.25, 0.3) is 0 Å². The van der Waals surface area contributed by atoms with E-state index in [2.05, 4.69) is 0 Å². The number of esters is 3. The molecule has 5 rings (SSSR count). The molecule has 0 bridgehead atoms. The third-order valence-corrected chi connectivity index (χ3v) is 10.7. The van der Waals surface area contributed by atoms with Crippen LogP contribution in [0.15, 0.2) is 48.5 Å². The highest BCUT2D eigenvalue weighted by Gasteiger charge is 2.31. The number of hydrogen-bond donors (Lipinski definition) is 2. The number of carboxylic acid groups (broad SMARTS) is 1. The Morgan fingerprint density at radius 1 is 0.569 bits per heavy atom. The molecule has 0 heterocycles. The van der Waals surface area contributed by atoms with Gasteiger partial charge in [0.15, 0.2) is 11.5 Å². The zero-order chi connectivity index (χ0) is 42.9. The first-order valence-corrected chi connectivity index (χ1v) is 18.3. The van der Waals surface area contributed by atoms with Gasteiger partial charge in [0.2, 0.25) is 5.82 Å². The lowest BCUT2D eigenvalue weighted by atomic mass is 9.93. The van der Waals surface area contributed by atoms with Crippen LogP contribution in [0, 0.1) is 75.1 Å². The van der Waals surface area contributed by atoms with Crippen molar-refractivity contribution in [3.05, 3.63) is 138 Å². The summed E-state index contributed by atoms with van der Waals surface area (Å²) < 4.78 is 44.4. The second kappa shape index (κ2) is 16.8. The van der Waals surface area contributed by atoms with E-state index < -0.39 is 46.8 Å². The number of benzene rings is 5. The highest BCUT2D eigenvalue weighted by atomic mass is 19.1. The number of methoxy groups -OCH3 is 1. The lowest BCUT2D eigenvalue weighted by Crippen LogP contribution is -2.18. The van der Waals surface area contributed by atoms with Crippen LogP contribution in [0.1, 0.15) is 103 Å². The van der Waals surface area contributed by atoms with Crippen molar-refractivity contribution in [2.45, 2.75) is 75.8 Å². The Balaban J connectivity index is 1.39. The number of rotatable bonds is 11. The van der Waals surface area contributed by atoms with Gasteiger partial charge in [0.05, 0.1) is 18.2 Å². The number of carbonyl (C=O) groups is 4. The Labute approximate surface area is 335 Å². The summed E-state index contributed by atoms with van der Waals surface area (Å²) in [4.78, 5) is 52.7. The molecule has 302 valence electrons. The summed E-state index contributed by atoms with van der Waals surface area (Å²) in [6, 6.07) is 14.1. The van der Waals surface area contributed by atoms with Crippen LogP contribution in [0.2, 0.25) is 0 Å². The topological polar surface area (TPSA) is 155 Å². The molecule has 0 fully saturated rings. The minimum absolute atomic E-state index is 0.00845. The molecule has 58 heavy (non-hydrogen) atoms. The van der Waals surface area contributed by atoms with Crippen LogP contribution in [-0.4, -0.2) is 41.2 Å². The molecule has 0 radical (unpaired) electrons. The molecule has 0 amide bonds. The molecular weight excluding hydrogens is 747 g/mol. The maximum atomic E-state index is 15.9. The smallest absolute Gasteiger partial charge is 0.347 e. The molecule has 2 N–H and O–H groups in total. The van der Waals surface area contributed by atoms with Gasteiger partial charge in [-0.15, -0.1) is 0 Å². The summed E-state index contributed by atoms with van der Waals surface area (Å²) in [5.41, 5.74) is 4.62. The number of phenolic OH excluding ortho intramolecular Hbond substituents is 1. The van der Waals surface area contributed by atoms with Crippen molar-refractivity contribution in [1.82, 2.24) is 0 Å². The number of aryl methyl sites for hydroxylation is 2. The van der Waals surface area contributed by atoms with Crippen molar-refractivity contribution in [2.75, 3.05) is 7.11 Å². The molecule has 5 aromatic carbocycles. The van der Waals surface area contributed by atoms with Crippen LogP contribution in [0.5, 0.6) is 34.5 Å². The van der Waals surface area contributed by atoms with Crippen LogP contribution in [-0.2, 0) is 6.61 Å². The van der Waals surface area contributed by atoms with E-state index in [1.54, 1.807) is 61.5 Å². The van der Waals surface area contributed by atoms with Gasteiger partial charge < -0.3 is 33.9 Å². The van der Waals surface area contributed by atoms with E-state index in [0.717, 1.165) is 5.56 Å². The van der Waals surface area contributed by atoms with Crippen molar-refractivity contribution < 1.29 is 57.5 Å². The molecule has 0 aliphatic heterocycles. The normalized spacial score (nSPS) is 10.9. The van der Waals surface area contributed by atoms with Crippen molar-refractivity contribution in [2.24, 2.45) is 0 Å². The third kappa shape index (κ3) is 7.95. The molecule has 0 saturated heterocycles. The molecule has 0 aliphatic carbocycles. The SMILES string of the molecule is COc1cc(OCc2ccccc2)cc(C)c1C(=O)Oc1c(C)c(C)c(C(=O)Oc2cc(C)c(C(=O)Oc3c(C)c(C)c(C(=O)O)c(C)c3C)c(C)c2C)c(O)c1F. The molecule has 12 heteroatoms. The summed E-state index contributed by atoms with van der Waals surface area (Å²) in [6.45, 7) is 16.4. The molecule has 0 aromatic heterocycles. The first-order valence-electron chi connectivity index (χ1n) is 18.3. The Morgan fingerprint density at radius 2 is 1.07 bits per heavy atom. The van der Waals surface area contributed by atoms with Crippen molar-refractivity contribution in [3.63, 3.8) is 0 Å². The van der Waals surface area contributed by atoms with Crippen molar-refractivity contribution in [1.29, 1.82) is 0 Å². The zero-order valence-electron chi connectivity index (χ0n) is 34.3. The van der Waals surface area contributed by atoms with Crippen LogP contribution >= 0.6 is 0 Å². The van der Waals surface area contributed by atoms with E-state index in [9.17, 15) is 29.4 Å². The first kappa shape index (κ1) is 42.5. The van der Waals surface area contributed by atoms with Crippen molar-refractivity contribution >= 4 is 23.9 Å². The van der Waals surface area contributed by atoms with Gasteiger partial charge in [0, 0.05) is 6.07 Å². The van der Waals surface area contributed by atoms with Gasteiger partial charge in [-0.25, -0.2) is 19.2 Å². The monoisotopic (exact) mass is 792 g/mol. The minimum atomic E-state index is -1.35. The van der Waals surface area contributed by atoms with Crippen LogP contribution in [0.25, 0.3) is 0 Å². The summed E-state index contributed by atoms with van der Waals surface area (Å²) in [7, 11) is 1.37. The Kier molecular flexibility index (Phi) is 12.3. The molecule has 0 aliphatic rings. The van der Waals surface area contributed by atoms with Crippen LogP contribution in [0.4, 0.5) is 4.39 Å². The third-order valence-electron chi connectivity index (χ3n) is 10.7. The molecule has 0 spiro atoms. The standard InChI is InChI=1S/C46H45FO11/c1-21-17-32(55-20-31-15-13-12-14-16-31)19-34(54-11)36(21)45(52)58-42-30(10)27(7)38(40(48)39(42)47)46(53)56-33-18-22(2)35(24(4)23(33)3)44(51)57-41-28(8)25(5)37(43(49)50)26(6)29(41)9/h12-19,48H,20H2,1-11H3,(H,49,50). The highest BCUT2D eigenvalue weighted by molar-refractivity contribution is 6.00. The summed E-state index contributed by atoms with van der Waals surface area (Å²) in [6.07, 6.45) is 0. The average molecular weight is 793 g/mol. The number of ether oxygens (including phenoxy) is 5. The number of carboxylic acids is 1. The van der Waals surface area contributed by atoms with E-state index in [1.165, 1.54) is 33.1 Å². The van der Waals surface area contributed by atoms with Crippen molar-refractivity contribution in [3.8, 4) is 34.5 Å². The fourth-order valence-corrected chi connectivity index (χ4v) is 6.91. The lowest BCUT2D eigenvalue weighted by molar-refractivity contribution is 0.0689. The Bertz CT molecular complexity index is 2460. The zero-order valence-corrected chi connectivity index (χ0v) is 34.3. The van der Waals surface area contributed by atoms with E-state index >= 15 is 4.39 Å². The quantitative estimate of drug-likeness (QED) is 0.0971. The molecule has 11 nitrogen and oxygen atoms in total. The largest absolute Gasteiger partial charge is 0.504 e. The van der Waals surface area contributed by atoms with Gasteiger partial charge >= 0.3 is 23.9 Å². The average Bonchev–Trinajstić information content (AvgIpc) is 3.17. The predicted molar refractivity (Wildman–Crippen MR) is 214 cm³/mol. The molecular formula is C46H45FO11. The summed E-state index contributed by atoms with van der Waals surface area (Å²) >= 11 is 0. The molecule has 5 aromatic rings. The van der Waals surface area contributed by atoms with Gasteiger partial charge in [-0.2, -0.15) is 4.39 Å². The number of phenols is 1. The Morgan fingerprint density at radius 3 is 1.66 bits per heavy atom.